The van der Waals surface area contributed by atoms with Crippen molar-refractivity contribution in [3.63, 3.8) is 0 Å². The minimum Gasteiger partial charge on any atom is -0.494 e. The van der Waals surface area contributed by atoms with Gasteiger partial charge in [0.25, 0.3) is 0 Å². The van der Waals surface area contributed by atoms with Gasteiger partial charge >= 0.3 is 0 Å². The number of anilines is 1. The third-order valence-corrected chi connectivity index (χ3v) is 6.82. The number of hydrogen-bond acceptors (Lipinski definition) is 6. The highest BCUT2D eigenvalue weighted by molar-refractivity contribution is 6.33. The molecule has 0 amide bonds. The molecule has 3 aromatic heterocycles. The maximum Gasteiger partial charge on any atom is 0.145 e. The largest absolute Gasteiger partial charge is 0.494 e. The molecule has 186 valence electrons. The van der Waals surface area contributed by atoms with Crippen LogP contribution in [0.2, 0.25) is 5.02 Å². The molecule has 4 aromatic rings. The minimum atomic E-state index is -0.445. The lowest BCUT2D eigenvalue weighted by Gasteiger charge is -2.28. The molecule has 0 saturated heterocycles. The number of pyridine rings is 1. The maximum absolute atomic E-state index is 13.8. The molecule has 0 spiro atoms. The second kappa shape index (κ2) is 10.1. The van der Waals surface area contributed by atoms with Crippen molar-refractivity contribution >= 4 is 34.3 Å². The normalized spacial score (nSPS) is 18.4. The third kappa shape index (κ3) is 4.84. The second-order valence-corrected chi connectivity index (χ2v) is 9.32. The van der Waals surface area contributed by atoms with E-state index in [9.17, 15) is 4.39 Å². The molecule has 0 aliphatic heterocycles. The molecule has 0 bridgehead atoms. The van der Waals surface area contributed by atoms with Gasteiger partial charge in [0.05, 0.1) is 47.0 Å². The van der Waals surface area contributed by atoms with Crippen LogP contribution in [-0.4, -0.2) is 39.6 Å². The number of aliphatic imine (C=N–C) groups is 1. The lowest BCUT2D eigenvalue weighted by Crippen LogP contribution is -2.33. The number of ether oxygens (including phenoxy) is 1. The fourth-order valence-electron chi connectivity index (χ4n) is 4.56. The summed E-state index contributed by atoms with van der Waals surface area (Å²) in [5.41, 5.74) is 16.9. The van der Waals surface area contributed by atoms with Gasteiger partial charge in [-0.05, 0) is 49.9 Å². The molecule has 8 nitrogen and oxygen atoms in total. The summed E-state index contributed by atoms with van der Waals surface area (Å²) >= 11 is 6.24. The van der Waals surface area contributed by atoms with Gasteiger partial charge in [0, 0.05) is 41.7 Å². The fraction of sp³-hybridized carbons (Fsp3) is 0.269. The molecule has 1 fully saturated rings. The highest BCUT2D eigenvalue weighted by Crippen LogP contribution is 2.35. The van der Waals surface area contributed by atoms with Gasteiger partial charge in [-0.15, -0.1) is 0 Å². The van der Waals surface area contributed by atoms with E-state index >= 15 is 0 Å². The molecule has 36 heavy (non-hydrogen) atoms. The number of nitrogens with zero attached hydrogens (tertiary/aromatic N) is 4. The number of fused-ring (bicyclic) bond motifs is 1. The summed E-state index contributed by atoms with van der Waals surface area (Å²) in [5.74, 6) is 0.391. The average Bonchev–Trinajstić information content (AvgIpc) is 3.32. The molecule has 1 aliphatic carbocycles. The zero-order chi connectivity index (χ0) is 25.2. The van der Waals surface area contributed by atoms with Crippen LogP contribution >= 0.6 is 11.6 Å². The Morgan fingerprint density at radius 1 is 1.19 bits per heavy atom. The van der Waals surface area contributed by atoms with Gasteiger partial charge in [-0.2, -0.15) is 5.10 Å². The van der Waals surface area contributed by atoms with Crippen molar-refractivity contribution in [2.45, 2.75) is 37.8 Å². The quantitative estimate of drug-likeness (QED) is 0.252. The Hall–Kier alpha value is -3.69. The lowest BCUT2D eigenvalue weighted by molar-refractivity contribution is 0.411. The predicted molar refractivity (Wildman–Crippen MR) is 141 cm³/mol. The number of methoxy groups -OCH3 is 1. The SMILES string of the molecule is COc1cnccc1-c1cc2c(NC3CCC(N)CC3)c(C(N)=Nc3cc(F)ccc3Cl)cnn2c1. The van der Waals surface area contributed by atoms with Crippen molar-refractivity contribution in [2.75, 3.05) is 12.4 Å². The standard InChI is InChI=1S/C26H27ClFN7O/c1-36-24-13-31-9-8-19(24)15-10-23-25(33-18-5-3-17(29)4-6-18)20(12-32-35(23)14-15)26(30)34-22-11-16(28)2-7-21(22)27/h2,7-14,17-18,33H,3-6,29H2,1H3,(H2,30,34). The first-order chi connectivity index (χ1) is 17.4. The smallest absolute Gasteiger partial charge is 0.145 e. The van der Waals surface area contributed by atoms with Gasteiger partial charge in [-0.3, -0.25) is 4.98 Å². The van der Waals surface area contributed by atoms with Gasteiger partial charge in [0.1, 0.15) is 17.4 Å². The summed E-state index contributed by atoms with van der Waals surface area (Å²) in [5, 5.41) is 8.56. The fourth-order valence-corrected chi connectivity index (χ4v) is 4.72. The first-order valence-corrected chi connectivity index (χ1v) is 12.1. The number of hydrogen-bond donors (Lipinski definition) is 3. The molecule has 5 N–H and O–H groups in total. The van der Waals surface area contributed by atoms with E-state index in [2.05, 4.69) is 20.4 Å². The van der Waals surface area contributed by atoms with Crippen LogP contribution in [0.3, 0.4) is 0 Å². The van der Waals surface area contributed by atoms with Gasteiger partial charge in [-0.25, -0.2) is 13.9 Å². The van der Waals surface area contributed by atoms with E-state index in [1.807, 2.05) is 18.3 Å². The average molecular weight is 508 g/mol. The second-order valence-electron chi connectivity index (χ2n) is 8.92. The highest BCUT2D eigenvalue weighted by Gasteiger charge is 2.22. The summed E-state index contributed by atoms with van der Waals surface area (Å²) in [6.07, 6.45) is 10.7. The van der Waals surface area contributed by atoms with Crippen LogP contribution in [0.25, 0.3) is 16.6 Å². The number of benzene rings is 1. The van der Waals surface area contributed by atoms with Crippen molar-refractivity contribution in [1.29, 1.82) is 0 Å². The van der Waals surface area contributed by atoms with E-state index in [-0.39, 0.29) is 23.6 Å². The Labute approximate surface area is 213 Å². The summed E-state index contributed by atoms with van der Waals surface area (Å²) in [7, 11) is 1.61. The van der Waals surface area contributed by atoms with E-state index in [0.29, 0.717) is 16.3 Å². The minimum absolute atomic E-state index is 0.178. The summed E-state index contributed by atoms with van der Waals surface area (Å²) < 4.78 is 21.1. The number of nitrogens with two attached hydrogens (primary N) is 2. The number of halogens is 2. The van der Waals surface area contributed by atoms with Gasteiger partial charge in [0.15, 0.2) is 0 Å². The van der Waals surface area contributed by atoms with Crippen molar-refractivity contribution in [2.24, 2.45) is 16.5 Å². The first-order valence-electron chi connectivity index (χ1n) is 11.7. The Balaban J connectivity index is 1.63. The van der Waals surface area contributed by atoms with Crippen LogP contribution < -0.4 is 21.5 Å². The van der Waals surface area contributed by atoms with Crippen LogP contribution in [0.15, 0.2) is 60.1 Å². The monoisotopic (exact) mass is 507 g/mol. The third-order valence-electron chi connectivity index (χ3n) is 6.50. The number of aromatic nitrogens is 3. The van der Waals surface area contributed by atoms with Crippen LogP contribution in [-0.2, 0) is 0 Å². The first kappa shape index (κ1) is 24.0. The zero-order valence-electron chi connectivity index (χ0n) is 19.8. The molecule has 1 aromatic carbocycles. The Bertz CT molecular complexity index is 1430. The van der Waals surface area contributed by atoms with Crippen molar-refractivity contribution < 1.29 is 9.13 Å². The molecule has 0 unspecified atom stereocenters. The molecular weight excluding hydrogens is 481 g/mol. The molecule has 10 heteroatoms. The molecule has 1 aliphatic rings. The topological polar surface area (TPSA) is 116 Å². The van der Waals surface area contributed by atoms with Crippen LogP contribution in [0.4, 0.5) is 15.8 Å². The molecule has 5 rings (SSSR count). The Morgan fingerprint density at radius 3 is 2.78 bits per heavy atom. The van der Waals surface area contributed by atoms with Crippen molar-refractivity contribution in [1.82, 2.24) is 14.6 Å². The summed E-state index contributed by atoms with van der Waals surface area (Å²) in [6.45, 7) is 0. The van der Waals surface area contributed by atoms with Crippen molar-refractivity contribution in [3.05, 3.63) is 71.5 Å². The zero-order valence-corrected chi connectivity index (χ0v) is 20.5. The molecule has 0 atom stereocenters. The predicted octanol–water partition coefficient (Wildman–Crippen LogP) is 4.92. The van der Waals surface area contributed by atoms with Crippen LogP contribution in [0.5, 0.6) is 5.75 Å². The lowest BCUT2D eigenvalue weighted by atomic mass is 9.91. The van der Waals surface area contributed by atoms with Gasteiger partial charge in [-0.1, -0.05) is 11.6 Å². The van der Waals surface area contributed by atoms with Crippen LogP contribution in [0.1, 0.15) is 31.2 Å². The van der Waals surface area contributed by atoms with Crippen molar-refractivity contribution in [3.8, 4) is 16.9 Å². The van der Waals surface area contributed by atoms with E-state index in [1.54, 1.807) is 30.2 Å². The molecule has 0 radical (unpaired) electrons. The molecule has 3 heterocycles. The van der Waals surface area contributed by atoms with Gasteiger partial charge in [0.2, 0.25) is 0 Å². The van der Waals surface area contributed by atoms with E-state index in [1.165, 1.54) is 18.2 Å². The summed E-state index contributed by atoms with van der Waals surface area (Å²) in [6, 6.07) is 8.34. The highest BCUT2D eigenvalue weighted by atomic mass is 35.5. The number of rotatable bonds is 6. The van der Waals surface area contributed by atoms with E-state index < -0.39 is 5.82 Å². The molecule has 1 saturated carbocycles. The van der Waals surface area contributed by atoms with Crippen LogP contribution in [0, 0.1) is 5.82 Å². The molecular formula is C26H27ClFN7O. The van der Waals surface area contributed by atoms with E-state index in [4.69, 9.17) is 27.8 Å². The summed E-state index contributed by atoms with van der Waals surface area (Å²) in [4.78, 5) is 8.59. The number of amidine groups is 1. The maximum atomic E-state index is 13.8. The Kier molecular flexibility index (Phi) is 6.75. The van der Waals surface area contributed by atoms with Gasteiger partial charge < -0.3 is 21.5 Å². The Morgan fingerprint density at radius 2 is 2.00 bits per heavy atom. The van der Waals surface area contributed by atoms with E-state index in [0.717, 1.165) is 48.0 Å². The number of nitrogens with one attached hydrogen (secondary N) is 1.